The first-order chi connectivity index (χ1) is 7.25. The van der Waals surface area contributed by atoms with Crippen molar-refractivity contribution >= 4 is 8.80 Å². The topological polar surface area (TPSA) is 0 Å². The molecule has 0 spiro atoms. The second-order valence-electron chi connectivity index (χ2n) is 5.00. The van der Waals surface area contributed by atoms with Crippen molar-refractivity contribution in [2.24, 2.45) is 5.92 Å². The summed E-state index contributed by atoms with van der Waals surface area (Å²) in [4.78, 5) is 0. The van der Waals surface area contributed by atoms with Gasteiger partial charge in [-0.15, -0.1) is 0 Å². The third-order valence-corrected chi connectivity index (χ3v) is 5.25. The van der Waals surface area contributed by atoms with Gasteiger partial charge in [0.15, 0.2) is 0 Å². The minimum atomic E-state index is -0.302. The molecule has 3 aliphatic carbocycles. The molecule has 0 saturated heterocycles. The summed E-state index contributed by atoms with van der Waals surface area (Å²) in [6.07, 6.45) is 13.8. The first kappa shape index (κ1) is 9.41. The zero-order chi connectivity index (χ0) is 10.4. The SMILES string of the molecule is C[Si](C)C1=C2C=C3CCCC3C=C2C=C1. The molecular formula is C14H17Si. The molecule has 3 rings (SSSR count). The lowest BCUT2D eigenvalue weighted by Gasteiger charge is -2.17. The van der Waals surface area contributed by atoms with Crippen molar-refractivity contribution in [2.75, 3.05) is 0 Å². The monoisotopic (exact) mass is 213 g/mol. The van der Waals surface area contributed by atoms with Crippen LogP contribution in [0.5, 0.6) is 0 Å². The normalized spacial score (nSPS) is 28.1. The van der Waals surface area contributed by atoms with Crippen molar-refractivity contribution in [3.05, 3.63) is 46.2 Å². The molecule has 0 aromatic heterocycles. The van der Waals surface area contributed by atoms with E-state index in [4.69, 9.17) is 0 Å². The van der Waals surface area contributed by atoms with Crippen LogP contribution in [-0.4, -0.2) is 8.80 Å². The maximum Gasteiger partial charge on any atom is 0.0799 e. The Balaban J connectivity index is 2.07. The maximum atomic E-state index is 2.51. The Labute approximate surface area is 93.7 Å². The molecule has 0 bridgehead atoms. The van der Waals surface area contributed by atoms with Crippen LogP contribution in [0.4, 0.5) is 0 Å². The van der Waals surface area contributed by atoms with Crippen molar-refractivity contribution in [3.8, 4) is 0 Å². The molecule has 1 radical (unpaired) electrons. The zero-order valence-electron chi connectivity index (χ0n) is 9.51. The largest absolute Gasteiger partial charge is 0.0799 e. The van der Waals surface area contributed by atoms with Gasteiger partial charge in [0.2, 0.25) is 0 Å². The van der Waals surface area contributed by atoms with E-state index >= 15 is 0 Å². The molecule has 1 saturated carbocycles. The van der Waals surface area contributed by atoms with E-state index < -0.39 is 0 Å². The number of rotatable bonds is 1. The molecule has 0 nitrogen and oxygen atoms in total. The van der Waals surface area contributed by atoms with Crippen LogP contribution in [0.3, 0.4) is 0 Å². The fourth-order valence-electron chi connectivity index (χ4n) is 2.92. The van der Waals surface area contributed by atoms with Crippen molar-refractivity contribution in [1.82, 2.24) is 0 Å². The van der Waals surface area contributed by atoms with Gasteiger partial charge in [0.1, 0.15) is 0 Å². The van der Waals surface area contributed by atoms with E-state index in [9.17, 15) is 0 Å². The highest BCUT2D eigenvalue weighted by Crippen LogP contribution is 2.42. The third-order valence-electron chi connectivity index (χ3n) is 3.74. The quantitative estimate of drug-likeness (QED) is 0.581. The molecule has 0 aliphatic heterocycles. The number of allylic oxidation sites excluding steroid dienone is 8. The Bertz CT molecular complexity index is 419. The predicted molar refractivity (Wildman–Crippen MR) is 67.2 cm³/mol. The highest BCUT2D eigenvalue weighted by atomic mass is 28.3. The zero-order valence-corrected chi connectivity index (χ0v) is 10.5. The summed E-state index contributed by atoms with van der Waals surface area (Å²) in [5, 5.41) is 1.63. The summed E-state index contributed by atoms with van der Waals surface area (Å²) < 4.78 is 0. The fraction of sp³-hybridized carbons (Fsp3) is 0.429. The molecule has 0 aromatic rings. The van der Waals surface area contributed by atoms with Gasteiger partial charge in [0.25, 0.3) is 0 Å². The minimum absolute atomic E-state index is 0.302. The highest BCUT2D eigenvalue weighted by molar-refractivity contribution is 6.65. The molecule has 0 aromatic carbocycles. The van der Waals surface area contributed by atoms with E-state index in [1.807, 2.05) is 0 Å². The molecule has 1 heteroatoms. The Morgan fingerprint density at radius 2 is 2.13 bits per heavy atom. The van der Waals surface area contributed by atoms with Gasteiger partial charge >= 0.3 is 0 Å². The van der Waals surface area contributed by atoms with Gasteiger partial charge < -0.3 is 0 Å². The van der Waals surface area contributed by atoms with E-state index in [0.29, 0.717) is 0 Å². The van der Waals surface area contributed by atoms with Crippen LogP contribution in [-0.2, 0) is 0 Å². The van der Waals surface area contributed by atoms with Crippen LogP contribution in [0, 0.1) is 5.92 Å². The van der Waals surface area contributed by atoms with Crippen LogP contribution in [0.1, 0.15) is 19.3 Å². The van der Waals surface area contributed by atoms with Crippen molar-refractivity contribution < 1.29 is 0 Å². The Morgan fingerprint density at radius 3 is 2.93 bits per heavy atom. The average Bonchev–Trinajstić information content (AvgIpc) is 2.77. The fourth-order valence-corrected chi connectivity index (χ4v) is 4.09. The number of hydrogen-bond donors (Lipinski definition) is 0. The van der Waals surface area contributed by atoms with Crippen LogP contribution in [0.25, 0.3) is 0 Å². The van der Waals surface area contributed by atoms with Crippen molar-refractivity contribution in [3.63, 3.8) is 0 Å². The lowest BCUT2D eigenvalue weighted by Crippen LogP contribution is -2.07. The average molecular weight is 213 g/mol. The molecule has 0 amide bonds. The van der Waals surface area contributed by atoms with Crippen LogP contribution >= 0.6 is 0 Å². The van der Waals surface area contributed by atoms with E-state index in [1.54, 1.807) is 16.3 Å². The van der Waals surface area contributed by atoms with Crippen molar-refractivity contribution in [2.45, 2.75) is 32.4 Å². The van der Waals surface area contributed by atoms with Gasteiger partial charge in [0, 0.05) is 0 Å². The van der Waals surface area contributed by atoms with Gasteiger partial charge in [-0.3, -0.25) is 0 Å². The Kier molecular flexibility index (Phi) is 2.10. The van der Waals surface area contributed by atoms with E-state index in [2.05, 4.69) is 37.4 Å². The van der Waals surface area contributed by atoms with Crippen LogP contribution in [0.2, 0.25) is 13.1 Å². The van der Waals surface area contributed by atoms with Gasteiger partial charge in [-0.1, -0.05) is 48.2 Å². The first-order valence-electron chi connectivity index (χ1n) is 5.91. The lowest BCUT2D eigenvalue weighted by molar-refractivity contribution is 0.758. The highest BCUT2D eigenvalue weighted by Gasteiger charge is 2.26. The van der Waals surface area contributed by atoms with Crippen LogP contribution in [0.15, 0.2) is 46.2 Å². The van der Waals surface area contributed by atoms with Gasteiger partial charge in [-0.05, 0) is 36.3 Å². The van der Waals surface area contributed by atoms with E-state index in [-0.39, 0.29) is 8.80 Å². The van der Waals surface area contributed by atoms with E-state index in [1.165, 1.54) is 24.8 Å². The number of hydrogen-bond acceptors (Lipinski definition) is 0. The molecule has 1 fully saturated rings. The van der Waals surface area contributed by atoms with Gasteiger partial charge in [0.05, 0.1) is 8.80 Å². The summed E-state index contributed by atoms with van der Waals surface area (Å²) >= 11 is 0. The lowest BCUT2D eigenvalue weighted by atomic mass is 9.90. The Morgan fingerprint density at radius 1 is 1.27 bits per heavy atom. The predicted octanol–water partition coefficient (Wildman–Crippen LogP) is 3.81. The first-order valence-corrected chi connectivity index (χ1v) is 8.41. The molecule has 0 heterocycles. The minimum Gasteiger partial charge on any atom is -0.0695 e. The number of fused-ring (bicyclic) bond motifs is 2. The van der Waals surface area contributed by atoms with Gasteiger partial charge in [-0.25, -0.2) is 0 Å². The molecule has 77 valence electrons. The maximum absolute atomic E-state index is 2.51. The summed E-state index contributed by atoms with van der Waals surface area (Å²) in [7, 11) is -0.302. The second-order valence-corrected chi connectivity index (χ2v) is 7.54. The smallest absolute Gasteiger partial charge is 0.0695 e. The second kappa shape index (κ2) is 3.34. The summed E-state index contributed by atoms with van der Waals surface area (Å²) in [6, 6.07) is 0. The summed E-state index contributed by atoms with van der Waals surface area (Å²) in [5.74, 6) is 0.775. The standard InChI is InChI=1S/C14H17Si/c1-15(2)14-7-6-12-8-10-4-3-5-11(10)9-13(12)14/h6-10H,3-5H2,1-2H3. The Hall–Kier alpha value is -0.823. The summed E-state index contributed by atoms with van der Waals surface area (Å²) in [5.41, 5.74) is 4.76. The molecule has 0 N–H and O–H groups in total. The molecule has 15 heavy (non-hydrogen) atoms. The summed E-state index contributed by atoms with van der Waals surface area (Å²) in [6.45, 7) is 4.78. The van der Waals surface area contributed by atoms with Crippen molar-refractivity contribution in [1.29, 1.82) is 0 Å². The van der Waals surface area contributed by atoms with Gasteiger partial charge in [-0.2, -0.15) is 0 Å². The molecule has 1 atom stereocenters. The third kappa shape index (κ3) is 1.41. The molecular weight excluding hydrogens is 196 g/mol. The van der Waals surface area contributed by atoms with Crippen LogP contribution < -0.4 is 0 Å². The molecule has 3 aliphatic rings. The van der Waals surface area contributed by atoms with E-state index in [0.717, 1.165) is 5.92 Å². The molecule has 1 unspecified atom stereocenters.